The minimum absolute atomic E-state index is 0.0887. The maximum Gasteiger partial charge on any atom is 0.255 e. The summed E-state index contributed by atoms with van der Waals surface area (Å²) in [5.41, 5.74) is 2.58. The van der Waals surface area contributed by atoms with Gasteiger partial charge >= 0.3 is 0 Å². The highest BCUT2D eigenvalue weighted by Crippen LogP contribution is 2.22. The van der Waals surface area contributed by atoms with Crippen LogP contribution in [0.4, 0.5) is 0 Å². The number of ether oxygens (including phenoxy) is 2. The number of rotatable bonds is 14. The van der Waals surface area contributed by atoms with Gasteiger partial charge in [0.2, 0.25) is 0 Å². The number of nitrogens with one attached hydrogen (secondary N) is 2. The highest BCUT2D eigenvalue weighted by atomic mass is 16.5. The van der Waals surface area contributed by atoms with Crippen LogP contribution in [0.3, 0.4) is 0 Å². The number of aliphatic hydroxyl groups excluding tert-OH is 2. The summed E-state index contributed by atoms with van der Waals surface area (Å²) in [7, 11) is 0. The normalized spacial score (nSPS) is 12.6. The van der Waals surface area contributed by atoms with Crippen molar-refractivity contribution in [2.75, 3.05) is 13.2 Å². The highest BCUT2D eigenvalue weighted by molar-refractivity contribution is 5.97. The molecule has 8 nitrogen and oxygen atoms in total. The Hall–Kier alpha value is -3.88. The van der Waals surface area contributed by atoms with E-state index in [4.69, 9.17) is 9.47 Å². The van der Waals surface area contributed by atoms with E-state index >= 15 is 0 Å². The van der Waals surface area contributed by atoms with Gasteiger partial charge in [0.1, 0.15) is 24.7 Å². The molecule has 0 radical (unpaired) electrons. The van der Waals surface area contributed by atoms with Gasteiger partial charge in [-0.2, -0.15) is 0 Å². The first-order valence-corrected chi connectivity index (χ1v) is 13.6. The summed E-state index contributed by atoms with van der Waals surface area (Å²) in [6, 6.07) is 21.0. The van der Waals surface area contributed by atoms with Gasteiger partial charge in [0.05, 0.1) is 36.4 Å². The maximum atomic E-state index is 12.8. The lowest BCUT2D eigenvalue weighted by atomic mass is 10.0. The Morgan fingerprint density at radius 3 is 1.43 bits per heavy atom. The van der Waals surface area contributed by atoms with Crippen molar-refractivity contribution < 1.29 is 29.3 Å². The molecule has 0 fully saturated rings. The van der Waals surface area contributed by atoms with Gasteiger partial charge in [0.15, 0.2) is 0 Å². The minimum atomic E-state index is -0.347. The number of para-hydroxylation sites is 2. The lowest BCUT2D eigenvalue weighted by molar-refractivity contribution is 0.0885. The molecule has 4 N–H and O–H groups in total. The minimum Gasteiger partial charge on any atom is -0.488 e. The van der Waals surface area contributed by atoms with Crippen molar-refractivity contribution >= 4 is 11.8 Å². The first-order valence-electron chi connectivity index (χ1n) is 13.6. The molecule has 0 aliphatic carbocycles. The summed E-state index contributed by atoms with van der Waals surface area (Å²) < 4.78 is 12.0. The molecule has 40 heavy (non-hydrogen) atoms. The van der Waals surface area contributed by atoms with Crippen molar-refractivity contribution in [1.29, 1.82) is 0 Å². The summed E-state index contributed by atoms with van der Waals surface area (Å²) in [6.07, 6.45) is 0. The summed E-state index contributed by atoms with van der Waals surface area (Å²) in [4.78, 5) is 25.7. The predicted octanol–water partition coefficient (Wildman–Crippen LogP) is 4.34. The fourth-order valence-electron chi connectivity index (χ4n) is 4.03. The SMILES string of the molecule is CC(C)[C@@H](CO)NC(=O)c1ccccc1OCc1cccc(COc2ccccc2C(=O)N[C@H](CO)C(C)C)c1. The molecular weight excluding hydrogens is 508 g/mol. The van der Waals surface area contributed by atoms with Crippen LogP contribution in [-0.2, 0) is 13.2 Å². The van der Waals surface area contributed by atoms with Gasteiger partial charge in [-0.25, -0.2) is 0 Å². The lowest BCUT2D eigenvalue weighted by Crippen LogP contribution is -2.41. The van der Waals surface area contributed by atoms with E-state index in [-0.39, 0.29) is 62.2 Å². The molecule has 0 saturated heterocycles. The fourth-order valence-corrected chi connectivity index (χ4v) is 4.03. The first-order chi connectivity index (χ1) is 19.2. The molecule has 3 aromatic rings. The third kappa shape index (κ3) is 8.56. The molecule has 3 aromatic carbocycles. The Balaban J connectivity index is 1.65. The van der Waals surface area contributed by atoms with Crippen LogP contribution in [0, 0.1) is 11.8 Å². The quantitative estimate of drug-likeness (QED) is 0.238. The molecule has 0 aliphatic rings. The van der Waals surface area contributed by atoms with E-state index in [0.717, 1.165) is 11.1 Å². The van der Waals surface area contributed by atoms with E-state index in [9.17, 15) is 19.8 Å². The van der Waals surface area contributed by atoms with E-state index in [1.807, 2.05) is 52.0 Å². The third-order valence-electron chi connectivity index (χ3n) is 6.68. The standard InChI is InChI=1S/C32H40N2O6/c1-21(2)27(17-35)33-31(37)25-12-5-7-14-29(25)39-19-23-10-9-11-24(16-23)20-40-30-15-8-6-13-26(30)32(38)34-28(18-36)22(3)4/h5-16,21-22,27-28,35-36H,17-20H2,1-4H3,(H,33,37)(H,34,38)/t27-,28-/m1/s1. The Bertz CT molecular complexity index is 1170. The lowest BCUT2D eigenvalue weighted by Gasteiger charge is -2.21. The molecule has 0 saturated carbocycles. The maximum absolute atomic E-state index is 12.8. The topological polar surface area (TPSA) is 117 Å². The van der Waals surface area contributed by atoms with Crippen molar-refractivity contribution in [2.45, 2.75) is 53.0 Å². The number of benzene rings is 3. The summed E-state index contributed by atoms with van der Waals surface area (Å²) >= 11 is 0. The van der Waals surface area contributed by atoms with Crippen molar-refractivity contribution in [3.63, 3.8) is 0 Å². The number of hydrogen-bond acceptors (Lipinski definition) is 6. The number of carbonyl (C=O) groups is 2. The van der Waals surface area contributed by atoms with Crippen molar-refractivity contribution in [3.8, 4) is 11.5 Å². The van der Waals surface area contributed by atoms with Gasteiger partial charge < -0.3 is 30.3 Å². The second-order valence-corrected chi connectivity index (χ2v) is 10.4. The van der Waals surface area contributed by atoms with Gasteiger partial charge in [-0.1, -0.05) is 70.2 Å². The van der Waals surface area contributed by atoms with Crippen molar-refractivity contribution in [1.82, 2.24) is 10.6 Å². The van der Waals surface area contributed by atoms with Gasteiger partial charge in [0.25, 0.3) is 11.8 Å². The van der Waals surface area contributed by atoms with Crippen LogP contribution in [0.25, 0.3) is 0 Å². The number of carbonyl (C=O) groups excluding carboxylic acids is 2. The van der Waals surface area contributed by atoms with E-state index in [1.165, 1.54) is 0 Å². The number of amides is 2. The zero-order chi connectivity index (χ0) is 29.1. The molecule has 0 bridgehead atoms. The second kappa shape index (κ2) is 15.1. The van der Waals surface area contributed by atoms with Crippen LogP contribution in [-0.4, -0.2) is 47.3 Å². The Labute approximate surface area is 236 Å². The molecular formula is C32H40N2O6. The first kappa shape index (κ1) is 30.7. The molecule has 3 rings (SSSR count). The molecule has 8 heteroatoms. The molecule has 214 valence electrons. The van der Waals surface area contributed by atoms with Crippen molar-refractivity contribution in [3.05, 3.63) is 95.1 Å². The van der Waals surface area contributed by atoms with Gasteiger partial charge in [0, 0.05) is 0 Å². The number of aliphatic hydroxyl groups is 2. The smallest absolute Gasteiger partial charge is 0.255 e. The number of hydrogen-bond donors (Lipinski definition) is 4. The summed E-state index contributed by atoms with van der Waals surface area (Å²) in [5.74, 6) is 0.477. The zero-order valence-corrected chi connectivity index (χ0v) is 23.6. The fraction of sp³-hybridized carbons (Fsp3) is 0.375. The van der Waals surface area contributed by atoms with Crippen LogP contribution < -0.4 is 20.1 Å². The molecule has 2 amide bonds. The molecule has 0 aromatic heterocycles. The average Bonchev–Trinajstić information content (AvgIpc) is 2.96. The second-order valence-electron chi connectivity index (χ2n) is 10.4. The van der Waals surface area contributed by atoms with Crippen LogP contribution >= 0.6 is 0 Å². The largest absolute Gasteiger partial charge is 0.488 e. The monoisotopic (exact) mass is 548 g/mol. The average molecular weight is 549 g/mol. The molecule has 2 atom stereocenters. The summed E-state index contributed by atoms with van der Waals surface area (Å²) in [6.45, 7) is 7.94. The third-order valence-corrected chi connectivity index (χ3v) is 6.68. The van der Waals surface area contributed by atoms with Crippen LogP contribution in [0.15, 0.2) is 72.8 Å². The zero-order valence-electron chi connectivity index (χ0n) is 23.6. The van der Waals surface area contributed by atoms with Crippen LogP contribution in [0.2, 0.25) is 0 Å². The van der Waals surface area contributed by atoms with Gasteiger partial charge in [-0.15, -0.1) is 0 Å². The predicted molar refractivity (Wildman–Crippen MR) is 154 cm³/mol. The van der Waals surface area contributed by atoms with Gasteiger partial charge in [-0.05, 0) is 53.3 Å². The summed E-state index contributed by atoms with van der Waals surface area (Å²) in [5, 5.41) is 24.9. The molecule has 0 unspecified atom stereocenters. The van der Waals surface area contributed by atoms with E-state index in [1.54, 1.807) is 48.5 Å². The van der Waals surface area contributed by atoms with Gasteiger partial charge in [-0.3, -0.25) is 9.59 Å². The van der Waals surface area contributed by atoms with E-state index in [2.05, 4.69) is 10.6 Å². The molecule has 0 spiro atoms. The molecule has 0 heterocycles. The van der Waals surface area contributed by atoms with Crippen molar-refractivity contribution in [2.24, 2.45) is 11.8 Å². The Morgan fingerprint density at radius 2 is 1.05 bits per heavy atom. The Morgan fingerprint density at radius 1 is 0.650 bits per heavy atom. The van der Waals surface area contributed by atoms with Crippen LogP contribution in [0.5, 0.6) is 11.5 Å². The van der Waals surface area contributed by atoms with E-state index < -0.39 is 0 Å². The van der Waals surface area contributed by atoms with E-state index in [0.29, 0.717) is 22.6 Å². The van der Waals surface area contributed by atoms with Crippen LogP contribution in [0.1, 0.15) is 59.5 Å². The Kier molecular flexibility index (Phi) is 11.5. The highest BCUT2D eigenvalue weighted by Gasteiger charge is 2.20. The molecule has 0 aliphatic heterocycles.